The molecular formula is C17H28N4. The lowest BCUT2D eigenvalue weighted by Crippen LogP contribution is -2.45. The Labute approximate surface area is 128 Å². The molecule has 0 amide bonds. The van der Waals surface area contributed by atoms with E-state index in [1.165, 1.54) is 50.2 Å². The summed E-state index contributed by atoms with van der Waals surface area (Å²) >= 11 is 0. The van der Waals surface area contributed by atoms with Crippen LogP contribution < -0.4 is 10.2 Å². The maximum atomic E-state index is 4.74. The van der Waals surface area contributed by atoms with E-state index in [0.717, 1.165) is 26.2 Å². The topological polar surface area (TPSA) is 31.4 Å². The van der Waals surface area contributed by atoms with Gasteiger partial charge in [0.15, 0.2) is 0 Å². The van der Waals surface area contributed by atoms with Crippen molar-refractivity contribution in [3.63, 3.8) is 0 Å². The number of aromatic nitrogens is 1. The summed E-state index contributed by atoms with van der Waals surface area (Å²) in [6.07, 6.45) is 7.17. The SMILES string of the molecule is CCCN1CCCC[C@@H]1c1cccnc1N1CCNCC1. The van der Waals surface area contributed by atoms with E-state index in [0.29, 0.717) is 6.04 Å². The summed E-state index contributed by atoms with van der Waals surface area (Å²) in [4.78, 5) is 9.88. The molecule has 3 heterocycles. The molecule has 0 unspecified atom stereocenters. The standard InChI is InChI=1S/C17H28N4/c1-2-11-20-12-4-3-7-16(20)15-6-5-8-19-17(15)21-13-9-18-10-14-21/h5-6,8,16,18H,2-4,7,9-14H2,1H3/t16-/m1/s1. The van der Waals surface area contributed by atoms with Crippen LogP contribution in [0.4, 0.5) is 5.82 Å². The lowest BCUT2D eigenvalue weighted by atomic mass is 9.95. The first-order chi connectivity index (χ1) is 10.4. The van der Waals surface area contributed by atoms with Crippen LogP contribution in [-0.2, 0) is 0 Å². The predicted molar refractivity (Wildman–Crippen MR) is 87.8 cm³/mol. The van der Waals surface area contributed by atoms with Gasteiger partial charge in [-0.25, -0.2) is 4.98 Å². The van der Waals surface area contributed by atoms with Gasteiger partial charge in [-0.2, -0.15) is 0 Å². The maximum absolute atomic E-state index is 4.74. The van der Waals surface area contributed by atoms with Crippen LogP contribution in [0.25, 0.3) is 0 Å². The minimum absolute atomic E-state index is 0.567. The van der Waals surface area contributed by atoms with E-state index >= 15 is 0 Å². The zero-order chi connectivity index (χ0) is 14.5. The van der Waals surface area contributed by atoms with Crippen LogP contribution >= 0.6 is 0 Å². The molecule has 1 aromatic rings. The van der Waals surface area contributed by atoms with Crippen molar-refractivity contribution in [3.8, 4) is 0 Å². The third kappa shape index (κ3) is 3.38. The Balaban J connectivity index is 1.85. The Bertz CT molecular complexity index is 440. The van der Waals surface area contributed by atoms with Gasteiger partial charge in [-0.05, 0) is 38.4 Å². The van der Waals surface area contributed by atoms with Crippen LogP contribution in [-0.4, -0.2) is 49.2 Å². The van der Waals surface area contributed by atoms with Gasteiger partial charge in [0, 0.05) is 44.0 Å². The van der Waals surface area contributed by atoms with Crippen LogP contribution in [0.2, 0.25) is 0 Å². The van der Waals surface area contributed by atoms with Crippen molar-refractivity contribution in [2.75, 3.05) is 44.2 Å². The van der Waals surface area contributed by atoms with Gasteiger partial charge in [0.05, 0.1) is 0 Å². The Morgan fingerprint density at radius 1 is 1.24 bits per heavy atom. The monoisotopic (exact) mass is 288 g/mol. The quantitative estimate of drug-likeness (QED) is 0.922. The molecule has 0 bridgehead atoms. The van der Waals surface area contributed by atoms with Gasteiger partial charge in [0.1, 0.15) is 5.82 Å². The zero-order valence-corrected chi connectivity index (χ0v) is 13.2. The zero-order valence-electron chi connectivity index (χ0n) is 13.2. The number of nitrogens with one attached hydrogen (secondary N) is 1. The molecular weight excluding hydrogens is 260 g/mol. The third-order valence-electron chi connectivity index (χ3n) is 4.72. The van der Waals surface area contributed by atoms with Crippen LogP contribution in [0.5, 0.6) is 0 Å². The summed E-state index contributed by atoms with van der Waals surface area (Å²) in [5.41, 5.74) is 1.45. The molecule has 4 nitrogen and oxygen atoms in total. The number of piperazine rings is 1. The summed E-state index contributed by atoms with van der Waals surface area (Å²) in [7, 11) is 0. The molecule has 2 aliphatic rings. The lowest BCUT2D eigenvalue weighted by molar-refractivity contribution is 0.149. The van der Waals surface area contributed by atoms with Crippen molar-refractivity contribution >= 4 is 5.82 Å². The number of pyridine rings is 1. The van der Waals surface area contributed by atoms with E-state index in [1.807, 2.05) is 6.20 Å². The molecule has 0 aliphatic carbocycles. The van der Waals surface area contributed by atoms with E-state index in [-0.39, 0.29) is 0 Å². The number of nitrogens with zero attached hydrogens (tertiary/aromatic N) is 3. The molecule has 0 aromatic carbocycles. The maximum Gasteiger partial charge on any atom is 0.133 e. The Morgan fingerprint density at radius 2 is 2.10 bits per heavy atom. The average molecular weight is 288 g/mol. The fourth-order valence-electron chi connectivity index (χ4n) is 3.71. The van der Waals surface area contributed by atoms with E-state index in [9.17, 15) is 0 Å². The molecule has 1 atom stereocenters. The molecule has 2 aliphatic heterocycles. The molecule has 1 aromatic heterocycles. The molecule has 2 saturated heterocycles. The minimum atomic E-state index is 0.567. The van der Waals surface area contributed by atoms with E-state index in [1.54, 1.807) is 0 Å². The fourth-order valence-corrected chi connectivity index (χ4v) is 3.71. The number of piperidine rings is 1. The molecule has 3 rings (SSSR count). The summed E-state index contributed by atoms with van der Waals surface area (Å²) in [6, 6.07) is 4.99. The van der Waals surface area contributed by atoms with Crippen LogP contribution in [0.3, 0.4) is 0 Å². The summed E-state index contributed by atoms with van der Waals surface area (Å²) in [5, 5.41) is 3.43. The third-order valence-corrected chi connectivity index (χ3v) is 4.72. The van der Waals surface area contributed by atoms with Crippen LogP contribution in [0.1, 0.15) is 44.2 Å². The van der Waals surface area contributed by atoms with Crippen molar-refractivity contribution in [1.29, 1.82) is 0 Å². The second kappa shape index (κ2) is 7.23. The van der Waals surface area contributed by atoms with Gasteiger partial charge in [-0.3, -0.25) is 4.90 Å². The van der Waals surface area contributed by atoms with Crippen LogP contribution in [0, 0.1) is 0 Å². The minimum Gasteiger partial charge on any atom is -0.354 e. The molecule has 0 radical (unpaired) electrons. The number of hydrogen-bond acceptors (Lipinski definition) is 4. The van der Waals surface area contributed by atoms with Gasteiger partial charge in [0.25, 0.3) is 0 Å². The van der Waals surface area contributed by atoms with Gasteiger partial charge >= 0.3 is 0 Å². The van der Waals surface area contributed by atoms with Crippen molar-refractivity contribution in [2.45, 2.75) is 38.6 Å². The first-order valence-corrected chi connectivity index (χ1v) is 8.55. The first kappa shape index (κ1) is 14.8. The normalized spacial score (nSPS) is 24.2. The summed E-state index contributed by atoms with van der Waals surface area (Å²) in [5.74, 6) is 1.23. The van der Waals surface area contributed by atoms with E-state index < -0.39 is 0 Å². The number of hydrogen-bond donors (Lipinski definition) is 1. The Hall–Kier alpha value is -1.13. The van der Waals surface area contributed by atoms with Gasteiger partial charge in [-0.15, -0.1) is 0 Å². The van der Waals surface area contributed by atoms with Gasteiger partial charge < -0.3 is 10.2 Å². The molecule has 1 N–H and O–H groups in total. The van der Waals surface area contributed by atoms with E-state index in [4.69, 9.17) is 4.98 Å². The van der Waals surface area contributed by atoms with Gasteiger partial charge in [-0.1, -0.05) is 19.4 Å². The van der Waals surface area contributed by atoms with Crippen molar-refractivity contribution in [3.05, 3.63) is 23.9 Å². The smallest absolute Gasteiger partial charge is 0.133 e. The highest BCUT2D eigenvalue weighted by Crippen LogP contribution is 2.35. The summed E-state index contributed by atoms with van der Waals surface area (Å²) < 4.78 is 0. The Morgan fingerprint density at radius 3 is 2.90 bits per heavy atom. The molecule has 0 spiro atoms. The van der Waals surface area contributed by atoms with Crippen molar-refractivity contribution in [2.24, 2.45) is 0 Å². The number of rotatable bonds is 4. The molecule has 4 heteroatoms. The largest absolute Gasteiger partial charge is 0.354 e. The second-order valence-electron chi connectivity index (χ2n) is 6.20. The molecule has 116 valence electrons. The predicted octanol–water partition coefficient (Wildman–Crippen LogP) is 2.43. The van der Waals surface area contributed by atoms with Gasteiger partial charge in [0.2, 0.25) is 0 Å². The summed E-state index contributed by atoms with van der Waals surface area (Å²) in [6.45, 7) is 9.02. The molecule has 21 heavy (non-hydrogen) atoms. The lowest BCUT2D eigenvalue weighted by Gasteiger charge is -2.38. The van der Waals surface area contributed by atoms with Crippen molar-refractivity contribution < 1.29 is 0 Å². The highest BCUT2D eigenvalue weighted by Gasteiger charge is 2.27. The highest BCUT2D eigenvalue weighted by atomic mass is 15.2. The fraction of sp³-hybridized carbons (Fsp3) is 0.706. The number of anilines is 1. The first-order valence-electron chi connectivity index (χ1n) is 8.55. The molecule has 0 saturated carbocycles. The second-order valence-corrected chi connectivity index (χ2v) is 6.20. The average Bonchev–Trinajstić information content (AvgIpc) is 2.57. The van der Waals surface area contributed by atoms with Crippen LogP contribution in [0.15, 0.2) is 18.3 Å². The number of likely N-dealkylation sites (tertiary alicyclic amines) is 1. The molecule has 2 fully saturated rings. The van der Waals surface area contributed by atoms with Crippen molar-refractivity contribution in [1.82, 2.24) is 15.2 Å². The Kier molecular flexibility index (Phi) is 5.09. The highest BCUT2D eigenvalue weighted by molar-refractivity contribution is 5.49. The van der Waals surface area contributed by atoms with E-state index in [2.05, 4.69) is 34.2 Å².